The summed E-state index contributed by atoms with van der Waals surface area (Å²) in [6.07, 6.45) is 7.81. The van der Waals surface area contributed by atoms with Crippen molar-refractivity contribution in [2.24, 2.45) is 4.99 Å². The minimum Gasteiger partial charge on any atom is -0.462 e. The number of terminal acetylenes is 1. The molecule has 2 amide bonds. The lowest BCUT2D eigenvalue weighted by Gasteiger charge is -2.08. The molecule has 4 rings (SSSR count). The molecule has 2 aromatic heterocycles. The Balaban J connectivity index is 1.50. The maximum Gasteiger partial charge on any atom is 0.341 e. The minimum absolute atomic E-state index is 0.122. The molecule has 1 aromatic carbocycles. The van der Waals surface area contributed by atoms with Gasteiger partial charge in [0.25, 0.3) is 5.91 Å². The van der Waals surface area contributed by atoms with Gasteiger partial charge in [-0.2, -0.15) is 4.99 Å². The number of nitrogens with zero attached hydrogens (tertiary/aromatic N) is 2. The normalized spacial score (nSPS) is 13.4. The first-order chi connectivity index (χ1) is 17.6. The molecular weight excluding hydrogens is 558 g/mol. The molecule has 0 fully saturated rings. The molecule has 0 saturated carbocycles. The fraction of sp³-hybridized carbons (Fsp3) is 0.333. The molecule has 0 unspecified atom stereocenters. The average molecular weight is 580 g/mol. The van der Waals surface area contributed by atoms with Gasteiger partial charge in [-0.05, 0) is 49.9 Å². The summed E-state index contributed by atoms with van der Waals surface area (Å²) in [5, 5.41) is 3.29. The Morgan fingerprint density at radius 2 is 2.03 bits per heavy atom. The lowest BCUT2D eigenvalue weighted by molar-refractivity contribution is -0.115. The number of fused-ring (bicyclic) bond motifs is 2. The number of thiophene rings is 1. The number of nitrogens with one attached hydrogen (secondary N) is 1. The highest BCUT2D eigenvalue weighted by molar-refractivity contribution is 7.92. The van der Waals surface area contributed by atoms with E-state index in [4.69, 9.17) is 22.8 Å². The third-order valence-electron chi connectivity index (χ3n) is 5.46. The third kappa shape index (κ3) is 6.13. The van der Waals surface area contributed by atoms with Gasteiger partial charge in [-0.3, -0.25) is 9.59 Å². The van der Waals surface area contributed by atoms with Crippen molar-refractivity contribution >= 4 is 77.1 Å². The molecule has 13 heteroatoms. The summed E-state index contributed by atoms with van der Waals surface area (Å²) in [5.74, 6) is -1.75. The summed E-state index contributed by atoms with van der Waals surface area (Å²) < 4.78 is 32.7. The minimum atomic E-state index is -4.15. The molecule has 0 saturated heterocycles. The summed E-state index contributed by atoms with van der Waals surface area (Å²) in [7, 11) is -4.15. The van der Waals surface area contributed by atoms with Crippen molar-refractivity contribution in [3.63, 3.8) is 0 Å². The number of esters is 1. The summed E-state index contributed by atoms with van der Waals surface area (Å²) in [4.78, 5) is 42.8. The van der Waals surface area contributed by atoms with E-state index in [1.54, 1.807) is 29.7 Å². The average Bonchev–Trinajstić information content (AvgIpc) is 3.46. The van der Waals surface area contributed by atoms with Crippen LogP contribution >= 0.6 is 34.3 Å². The molecule has 37 heavy (non-hydrogen) atoms. The Kier molecular flexibility index (Phi) is 8.18. The van der Waals surface area contributed by atoms with Gasteiger partial charge < -0.3 is 14.6 Å². The highest BCUT2D eigenvalue weighted by Gasteiger charge is 2.29. The van der Waals surface area contributed by atoms with Crippen LogP contribution in [0.25, 0.3) is 10.2 Å². The molecule has 0 bridgehead atoms. The van der Waals surface area contributed by atoms with E-state index in [2.05, 4.69) is 16.2 Å². The van der Waals surface area contributed by atoms with Crippen LogP contribution in [0.5, 0.6) is 0 Å². The number of sulfone groups is 1. The van der Waals surface area contributed by atoms with Gasteiger partial charge in [-0.15, -0.1) is 17.8 Å². The number of thiazole rings is 1. The van der Waals surface area contributed by atoms with Crippen LogP contribution in [0.3, 0.4) is 0 Å². The monoisotopic (exact) mass is 579 g/mol. The van der Waals surface area contributed by atoms with E-state index in [0.717, 1.165) is 39.3 Å². The Morgan fingerprint density at radius 3 is 2.76 bits per heavy atom. The topological polar surface area (TPSA) is 124 Å². The summed E-state index contributed by atoms with van der Waals surface area (Å²) in [5.41, 5.74) is 1.82. The zero-order chi connectivity index (χ0) is 26.7. The second-order valence-electron chi connectivity index (χ2n) is 8.15. The number of aromatic nitrogens is 1. The van der Waals surface area contributed by atoms with Crippen LogP contribution in [-0.2, 0) is 43.5 Å². The highest BCUT2D eigenvalue weighted by atomic mass is 35.5. The first-order valence-electron chi connectivity index (χ1n) is 11.2. The van der Waals surface area contributed by atoms with E-state index < -0.39 is 39.1 Å². The Hall–Kier alpha value is -2.98. The fourth-order valence-electron chi connectivity index (χ4n) is 4.03. The Morgan fingerprint density at radius 1 is 1.24 bits per heavy atom. The molecule has 2 heterocycles. The molecule has 0 spiro atoms. The fourth-order valence-corrected chi connectivity index (χ4v) is 7.66. The lowest BCUT2D eigenvalue weighted by atomic mass is 10.1. The van der Waals surface area contributed by atoms with Crippen LogP contribution in [0.4, 0.5) is 5.00 Å². The van der Waals surface area contributed by atoms with Crippen molar-refractivity contribution in [1.82, 2.24) is 4.57 Å². The van der Waals surface area contributed by atoms with Gasteiger partial charge in [0, 0.05) is 9.90 Å². The van der Waals surface area contributed by atoms with Gasteiger partial charge in [0.2, 0.25) is 5.91 Å². The smallest absolute Gasteiger partial charge is 0.341 e. The van der Waals surface area contributed by atoms with Crippen LogP contribution in [0, 0.1) is 12.3 Å². The summed E-state index contributed by atoms with van der Waals surface area (Å²) >= 11 is 8.43. The maximum absolute atomic E-state index is 12.6. The molecule has 0 radical (unpaired) electrons. The number of hydrogen-bond donors (Lipinski definition) is 1. The van der Waals surface area contributed by atoms with Crippen molar-refractivity contribution < 1.29 is 27.5 Å². The van der Waals surface area contributed by atoms with Crippen LogP contribution in [0.1, 0.15) is 34.1 Å². The molecule has 0 atom stereocenters. The molecule has 0 aliphatic heterocycles. The van der Waals surface area contributed by atoms with E-state index in [-0.39, 0.29) is 28.5 Å². The van der Waals surface area contributed by atoms with E-state index in [0.29, 0.717) is 17.0 Å². The van der Waals surface area contributed by atoms with Gasteiger partial charge in [0.05, 0.1) is 28.9 Å². The van der Waals surface area contributed by atoms with Crippen molar-refractivity contribution in [2.45, 2.75) is 32.7 Å². The first kappa shape index (κ1) is 27.1. The van der Waals surface area contributed by atoms with Crippen molar-refractivity contribution in [1.29, 1.82) is 0 Å². The van der Waals surface area contributed by atoms with Gasteiger partial charge in [0.1, 0.15) is 16.5 Å². The quantitative estimate of drug-likeness (QED) is 0.323. The summed E-state index contributed by atoms with van der Waals surface area (Å²) in [6, 6.07) is 5.11. The van der Waals surface area contributed by atoms with Crippen molar-refractivity contribution in [3.05, 3.63) is 44.0 Å². The van der Waals surface area contributed by atoms with E-state index in [1.165, 1.54) is 11.3 Å². The predicted molar refractivity (Wildman–Crippen MR) is 144 cm³/mol. The number of benzene rings is 1. The second kappa shape index (κ2) is 11.2. The number of rotatable bonds is 8. The van der Waals surface area contributed by atoms with Crippen LogP contribution in [-0.4, -0.2) is 48.9 Å². The largest absolute Gasteiger partial charge is 0.462 e. The van der Waals surface area contributed by atoms with Crippen molar-refractivity contribution in [2.75, 3.05) is 23.4 Å². The van der Waals surface area contributed by atoms with E-state index in [9.17, 15) is 22.8 Å². The molecule has 194 valence electrons. The zero-order valence-electron chi connectivity index (χ0n) is 19.7. The van der Waals surface area contributed by atoms with Crippen LogP contribution in [0.15, 0.2) is 23.2 Å². The molecule has 3 aromatic rings. The number of carbonyl (C=O) groups is 3. The molecule has 1 N–H and O–H groups in total. The number of halogens is 1. The number of aryl methyl sites for hydroxylation is 1. The number of hydrogen-bond acceptors (Lipinski definition) is 8. The van der Waals surface area contributed by atoms with Gasteiger partial charge >= 0.3 is 5.97 Å². The highest BCUT2D eigenvalue weighted by Crippen LogP contribution is 2.39. The second-order valence-corrected chi connectivity index (χ2v) is 12.8. The van der Waals surface area contributed by atoms with Gasteiger partial charge in [-0.1, -0.05) is 28.9 Å². The van der Waals surface area contributed by atoms with Gasteiger partial charge in [0.15, 0.2) is 14.6 Å². The molecule has 1 aliphatic rings. The Labute approximate surface area is 226 Å². The molecular formula is C24H22ClN3O6S3. The van der Waals surface area contributed by atoms with Crippen molar-refractivity contribution in [3.8, 4) is 12.3 Å². The maximum atomic E-state index is 12.6. The van der Waals surface area contributed by atoms with E-state index in [1.807, 2.05) is 0 Å². The first-order valence-corrected chi connectivity index (χ1v) is 15.1. The predicted octanol–water partition coefficient (Wildman–Crippen LogP) is 3.20. The SMILES string of the molecule is C#CCn1c(=NC(=O)CS(=O)(=O)CC(=O)Nc2sc3c(c2C(=O)OCC)CCC3)sc2cc(Cl)ccc21. The standard InChI is InChI=1S/C24H22ClN3O6S3/c1-3-10-28-16-9-8-14(25)11-18(16)36-24(28)27-20(30)13-37(32,33)12-19(29)26-22-21(23(31)34-4-2)15-6-5-7-17(15)35-22/h1,8-9,11H,4-7,10,12-13H2,2H3,(H,26,29). The molecule has 9 nitrogen and oxygen atoms in total. The van der Waals surface area contributed by atoms with Gasteiger partial charge in [-0.25, -0.2) is 13.2 Å². The summed E-state index contributed by atoms with van der Waals surface area (Å²) in [6.45, 7) is 1.97. The number of carbonyl (C=O) groups excluding carboxylic acids is 3. The van der Waals surface area contributed by atoms with E-state index >= 15 is 0 Å². The van der Waals surface area contributed by atoms with Crippen LogP contribution < -0.4 is 10.1 Å². The zero-order valence-corrected chi connectivity index (χ0v) is 22.9. The van der Waals surface area contributed by atoms with Crippen LogP contribution in [0.2, 0.25) is 5.02 Å². The molecule has 1 aliphatic carbocycles. The Bertz CT molecular complexity index is 1630. The number of anilines is 1. The number of ether oxygens (including phenoxy) is 1. The number of amides is 2. The lowest BCUT2D eigenvalue weighted by Crippen LogP contribution is -2.28. The third-order valence-corrected chi connectivity index (χ3v) is 9.34.